The summed E-state index contributed by atoms with van der Waals surface area (Å²) in [5, 5.41) is 8.75. The molecule has 0 spiro atoms. The number of hydrogen-bond donors (Lipinski definition) is 2. The fourth-order valence-corrected chi connectivity index (χ4v) is 3.75. The number of hydrogen-bond acceptors (Lipinski definition) is 5. The number of pyridine rings is 1. The topological polar surface area (TPSA) is 103 Å². The van der Waals surface area contributed by atoms with E-state index in [-0.39, 0.29) is 24.0 Å². The van der Waals surface area contributed by atoms with Gasteiger partial charge in [-0.05, 0) is 41.0 Å². The molecule has 162 valence electrons. The average molecular weight is 430 g/mol. The molecule has 8 heteroatoms. The molecule has 4 rings (SSSR count). The lowest BCUT2D eigenvalue weighted by molar-refractivity contribution is -0.128. The quantitative estimate of drug-likeness (QED) is 0.341. The number of imide groups is 1. The highest BCUT2D eigenvalue weighted by Gasteiger charge is 2.44. The molecule has 1 saturated heterocycles. The van der Waals surface area contributed by atoms with Crippen molar-refractivity contribution in [3.05, 3.63) is 101 Å². The molecular formula is C24H22N4O4. The first-order chi connectivity index (χ1) is 15.6. The number of rotatable bonds is 7. The fraction of sp³-hybridized carbons (Fsp3) is 0.167. The van der Waals surface area contributed by atoms with Crippen LogP contribution in [0, 0.1) is 0 Å². The molecular weight excluding hydrogens is 408 g/mol. The number of amides is 4. The van der Waals surface area contributed by atoms with Gasteiger partial charge in [0.25, 0.3) is 11.8 Å². The molecule has 1 unspecified atom stereocenters. The van der Waals surface area contributed by atoms with Crippen molar-refractivity contribution >= 4 is 17.8 Å². The first-order valence-electron chi connectivity index (χ1n) is 10.1. The molecule has 8 nitrogen and oxygen atoms in total. The van der Waals surface area contributed by atoms with Crippen molar-refractivity contribution in [3.8, 4) is 0 Å². The molecule has 1 aliphatic rings. The van der Waals surface area contributed by atoms with E-state index in [2.05, 4.69) is 4.98 Å². The molecule has 1 fully saturated rings. The third kappa shape index (κ3) is 4.50. The molecule has 2 N–H and O–H groups in total. The summed E-state index contributed by atoms with van der Waals surface area (Å²) in [6.07, 6.45) is 3.74. The van der Waals surface area contributed by atoms with Gasteiger partial charge in [0, 0.05) is 30.9 Å². The van der Waals surface area contributed by atoms with Gasteiger partial charge in [0.05, 0.1) is 6.54 Å². The van der Waals surface area contributed by atoms with Gasteiger partial charge in [-0.25, -0.2) is 10.3 Å². The van der Waals surface area contributed by atoms with E-state index in [0.717, 1.165) is 11.1 Å². The van der Waals surface area contributed by atoms with Gasteiger partial charge in [0.2, 0.25) is 0 Å². The molecule has 0 bridgehead atoms. The highest BCUT2D eigenvalue weighted by molar-refractivity contribution is 6.04. The van der Waals surface area contributed by atoms with Gasteiger partial charge in [-0.2, -0.15) is 0 Å². The maximum atomic E-state index is 13.3. The standard InChI is InChI=1S/C24H22N4O4/c29-22(26-32)20-8-6-18(7-9-20)16-28-23(30)21(14-17-4-2-1-3-5-17)27(24(28)31)15-19-10-12-25-13-11-19/h1-13,21,32H,14-16H2,(H,26,29). The van der Waals surface area contributed by atoms with E-state index in [1.54, 1.807) is 34.9 Å². The molecule has 0 radical (unpaired) electrons. The summed E-state index contributed by atoms with van der Waals surface area (Å²) >= 11 is 0. The predicted molar refractivity (Wildman–Crippen MR) is 115 cm³/mol. The molecule has 32 heavy (non-hydrogen) atoms. The summed E-state index contributed by atoms with van der Waals surface area (Å²) in [4.78, 5) is 44.9. The Balaban J connectivity index is 1.58. The van der Waals surface area contributed by atoms with E-state index in [1.165, 1.54) is 17.0 Å². The Hall–Kier alpha value is -4.04. The van der Waals surface area contributed by atoms with Crippen LogP contribution in [-0.2, 0) is 24.3 Å². The Kier molecular flexibility index (Phi) is 6.23. The van der Waals surface area contributed by atoms with Gasteiger partial charge in [-0.15, -0.1) is 0 Å². The molecule has 1 aromatic heterocycles. The monoisotopic (exact) mass is 430 g/mol. The zero-order valence-electron chi connectivity index (χ0n) is 17.2. The maximum absolute atomic E-state index is 13.3. The number of benzene rings is 2. The Labute approximate surface area is 185 Å². The van der Waals surface area contributed by atoms with Crippen LogP contribution >= 0.6 is 0 Å². The zero-order valence-corrected chi connectivity index (χ0v) is 17.2. The average Bonchev–Trinajstić information content (AvgIpc) is 3.04. The Bertz CT molecular complexity index is 1040. The minimum atomic E-state index is -0.628. The van der Waals surface area contributed by atoms with Crippen molar-refractivity contribution in [2.24, 2.45) is 0 Å². The van der Waals surface area contributed by atoms with Crippen LogP contribution in [0.25, 0.3) is 0 Å². The Morgan fingerprint density at radius 2 is 1.53 bits per heavy atom. The van der Waals surface area contributed by atoms with Crippen LogP contribution in [0.3, 0.4) is 0 Å². The van der Waals surface area contributed by atoms with E-state index in [1.807, 2.05) is 42.5 Å². The summed E-state index contributed by atoms with van der Waals surface area (Å²) < 4.78 is 0. The van der Waals surface area contributed by atoms with E-state index in [9.17, 15) is 14.4 Å². The second-order valence-corrected chi connectivity index (χ2v) is 7.53. The fourth-order valence-electron chi connectivity index (χ4n) is 3.75. The summed E-state index contributed by atoms with van der Waals surface area (Å²) in [5.41, 5.74) is 4.41. The van der Waals surface area contributed by atoms with E-state index in [4.69, 9.17) is 5.21 Å². The Morgan fingerprint density at radius 3 is 2.19 bits per heavy atom. The van der Waals surface area contributed by atoms with Crippen molar-refractivity contribution in [2.45, 2.75) is 25.6 Å². The predicted octanol–water partition coefficient (Wildman–Crippen LogP) is 2.78. The smallest absolute Gasteiger partial charge is 0.308 e. The Morgan fingerprint density at radius 1 is 0.875 bits per heavy atom. The lowest BCUT2D eigenvalue weighted by Gasteiger charge is -2.22. The van der Waals surface area contributed by atoms with Gasteiger partial charge < -0.3 is 4.90 Å². The zero-order chi connectivity index (χ0) is 22.5. The van der Waals surface area contributed by atoms with Gasteiger partial charge in [0.15, 0.2) is 0 Å². The lowest BCUT2D eigenvalue weighted by Crippen LogP contribution is -2.36. The molecule has 0 saturated carbocycles. The van der Waals surface area contributed by atoms with E-state index < -0.39 is 11.9 Å². The number of carbonyl (C=O) groups is 3. The minimum absolute atomic E-state index is 0.0941. The van der Waals surface area contributed by atoms with E-state index >= 15 is 0 Å². The summed E-state index contributed by atoms with van der Waals surface area (Å²) in [6, 6.07) is 18.7. The third-order valence-corrected chi connectivity index (χ3v) is 5.44. The van der Waals surface area contributed by atoms with Crippen LogP contribution in [0.15, 0.2) is 79.1 Å². The number of hydroxylamine groups is 1. The SMILES string of the molecule is O=C(NO)c1ccc(CN2C(=O)C(Cc3ccccc3)N(Cc3ccncc3)C2=O)cc1. The summed E-state index contributed by atoms with van der Waals surface area (Å²) in [5.74, 6) is -0.888. The minimum Gasteiger partial charge on any atom is -0.308 e. The van der Waals surface area contributed by atoms with Crippen molar-refractivity contribution in [2.75, 3.05) is 0 Å². The van der Waals surface area contributed by atoms with Crippen LogP contribution in [0.2, 0.25) is 0 Å². The molecule has 3 aromatic rings. The molecule has 1 aliphatic heterocycles. The third-order valence-electron chi connectivity index (χ3n) is 5.44. The first kappa shape index (κ1) is 21.2. The van der Waals surface area contributed by atoms with Crippen LogP contribution in [0.4, 0.5) is 4.79 Å². The van der Waals surface area contributed by atoms with E-state index in [0.29, 0.717) is 18.5 Å². The summed E-state index contributed by atoms with van der Waals surface area (Å²) in [7, 11) is 0. The van der Waals surface area contributed by atoms with Gasteiger partial charge in [0.1, 0.15) is 6.04 Å². The van der Waals surface area contributed by atoms with Gasteiger partial charge in [-0.1, -0.05) is 42.5 Å². The lowest BCUT2D eigenvalue weighted by atomic mass is 10.0. The van der Waals surface area contributed by atoms with Crippen LogP contribution in [-0.4, -0.2) is 43.9 Å². The molecule has 1 atom stereocenters. The van der Waals surface area contributed by atoms with Crippen LogP contribution in [0.5, 0.6) is 0 Å². The maximum Gasteiger partial charge on any atom is 0.328 e. The highest BCUT2D eigenvalue weighted by Crippen LogP contribution is 2.25. The second-order valence-electron chi connectivity index (χ2n) is 7.53. The number of nitrogens with one attached hydrogen (secondary N) is 1. The van der Waals surface area contributed by atoms with Gasteiger partial charge in [-0.3, -0.25) is 24.7 Å². The van der Waals surface area contributed by atoms with Crippen LogP contribution < -0.4 is 5.48 Å². The highest BCUT2D eigenvalue weighted by atomic mass is 16.5. The second kappa shape index (κ2) is 9.40. The molecule has 2 heterocycles. The van der Waals surface area contributed by atoms with Crippen LogP contribution in [0.1, 0.15) is 27.0 Å². The molecule has 4 amide bonds. The number of carbonyl (C=O) groups excluding carboxylic acids is 3. The van der Waals surface area contributed by atoms with Crippen molar-refractivity contribution in [3.63, 3.8) is 0 Å². The van der Waals surface area contributed by atoms with Crippen molar-refractivity contribution < 1.29 is 19.6 Å². The normalized spacial score (nSPS) is 15.8. The first-order valence-corrected chi connectivity index (χ1v) is 10.1. The van der Waals surface area contributed by atoms with Gasteiger partial charge >= 0.3 is 6.03 Å². The number of nitrogens with zero attached hydrogens (tertiary/aromatic N) is 3. The summed E-state index contributed by atoms with van der Waals surface area (Å²) in [6.45, 7) is 0.396. The number of aromatic nitrogens is 1. The number of urea groups is 1. The van der Waals surface area contributed by atoms with Crippen molar-refractivity contribution in [1.29, 1.82) is 0 Å². The van der Waals surface area contributed by atoms with Crippen molar-refractivity contribution in [1.82, 2.24) is 20.3 Å². The molecule has 0 aliphatic carbocycles. The largest absolute Gasteiger partial charge is 0.328 e. The molecule has 2 aromatic carbocycles.